The van der Waals surface area contributed by atoms with Crippen LogP contribution in [0.25, 0.3) is 11.0 Å². The number of nitrogens with one attached hydrogen (secondary N) is 1. The van der Waals surface area contributed by atoms with Crippen molar-refractivity contribution in [3.8, 4) is 5.88 Å². The van der Waals surface area contributed by atoms with Gasteiger partial charge in [0.1, 0.15) is 17.9 Å². The number of carbonyl (C=O) groups excluding carboxylic acids is 4. The van der Waals surface area contributed by atoms with Gasteiger partial charge in [0.2, 0.25) is 27.7 Å². The minimum atomic E-state index is -3.84. The molecule has 7 atom stereocenters. The standard InChI is InChI=1S/C42H54N4O8S/c1-2-28-23-42(28,41(50)45-55(51,52)30-19-20-30)24-36(47)35-21-29-25-46(35)40(49)31(26-11-6-7-12-26)22-38(48)54-37-18-10-14-27(37)13-4-3-5-17-34-39(53-29)44-33-16-9-8-15-32(33)43-34/h2,8-9,15-16,26-31,35,37H,1,3-7,10-14,17-25H2,(H,45,50)/t27-,28-,29-,31+,35+,37?,42-/m1/s1. The molecule has 0 spiro atoms. The van der Waals surface area contributed by atoms with Gasteiger partial charge in [-0.05, 0) is 101 Å². The number of amides is 2. The van der Waals surface area contributed by atoms with Crippen LogP contribution in [0.5, 0.6) is 5.88 Å². The van der Waals surface area contributed by atoms with Crippen LogP contribution in [-0.4, -0.2) is 76.9 Å². The fourth-order valence-corrected chi connectivity index (χ4v) is 11.3. The minimum Gasteiger partial charge on any atom is -0.471 e. The number of sulfonamides is 1. The Morgan fingerprint density at radius 3 is 2.35 bits per heavy atom. The van der Waals surface area contributed by atoms with E-state index in [1.165, 1.54) is 0 Å². The summed E-state index contributed by atoms with van der Waals surface area (Å²) in [6, 6.07) is 6.71. The number of carbonyl (C=O) groups is 4. The summed E-state index contributed by atoms with van der Waals surface area (Å²) >= 11 is 0. The van der Waals surface area contributed by atoms with Crippen molar-refractivity contribution < 1.29 is 37.1 Å². The first-order valence-electron chi connectivity index (χ1n) is 20.7. The monoisotopic (exact) mass is 774 g/mol. The first kappa shape index (κ1) is 38.0. The molecule has 55 heavy (non-hydrogen) atoms. The second-order valence-corrected chi connectivity index (χ2v) is 19.1. The lowest BCUT2D eigenvalue weighted by atomic mass is 9.86. The van der Waals surface area contributed by atoms with Gasteiger partial charge in [-0.1, -0.05) is 43.9 Å². The average molecular weight is 775 g/mol. The predicted molar refractivity (Wildman–Crippen MR) is 204 cm³/mol. The van der Waals surface area contributed by atoms with Crippen LogP contribution in [0.4, 0.5) is 0 Å². The number of esters is 1. The summed E-state index contributed by atoms with van der Waals surface area (Å²) in [5.74, 6) is -1.99. The van der Waals surface area contributed by atoms with Gasteiger partial charge in [0.05, 0.1) is 46.6 Å². The fraction of sp³-hybridized carbons (Fsp3) is 0.667. The number of hydrogen-bond donors (Lipinski definition) is 1. The van der Waals surface area contributed by atoms with Gasteiger partial charge in [-0.25, -0.2) is 18.4 Å². The van der Waals surface area contributed by atoms with Gasteiger partial charge in [0.25, 0.3) is 0 Å². The summed E-state index contributed by atoms with van der Waals surface area (Å²) in [5, 5.41) is -0.591. The van der Waals surface area contributed by atoms with Gasteiger partial charge in [-0.15, -0.1) is 6.58 Å². The first-order valence-corrected chi connectivity index (χ1v) is 22.2. The number of para-hydroxylation sites is 2. The molecule has 2 bridgehead atoms. The van der Waals surface area contributed by atoms with Crippen molar-refractivity contribution in [2.24, 2.45) is 29.1 Å². The van der Waals surface area contributed by atoms with Gasteiger partial charge in [-0.2, -0.15) is 0 Å². The molecule has 1 aromatic carbocycles. The maximum Gasteiger partial charge on any atom is 0.306 e. The number of allylic oxidation sites excluding steroid dienone is 1. The van der Waals surface area contributed by atoms with Crippen LogP contribution >= 0.6 is 0 Å². The third-order valence-electron chi connectivity index (χ3n) is 13.4. The van der Waals surface area contributed by atoms with E-state index in [1.807, 2.05) is 24.3 Å². The number of ether oxygens (including phenoxy) is 2. The van der Waals surface area contributed by atoms with Crippen LogP contribution in [-0.2, 0) is 40.4 Å². The third kappa shape index (κ3) is 8.05. The highest BCUT2D eigenvalue weighted by Crippen LogP contribution is 2.57. The zero-order chi connectivity index (χ0) is 38.3. The number of nitrogens with zero attached hydrogens (tertiary/aromatic N) is 3. The summed E-state index contributed by atoms with van der Waals surface area (Å²) in [4.78, 5) is 68.3. The second kappa shape index (κ2) is 15.6. The van der Waals surface area contributed by atoms with E-state index in [0.29, 0.717) is 43.0 Å². The number of fused-ring (bicyclic) bond motifs is 5. The maximum absolute atomic E-state index is 14.9. The van der Waals surface area contributed by atoms with Crippen LogP contribution in [0.15, 0.2) is 36.9 Å². The molecule has 5 fully saturated rings. The second-order valence-electron chi connectivity index (χ2n) is 17.1. The first-order chi connectivity index (χ1) is 26.5. The van der Waals surface area contributed by atoms with Crippen molar-refractivity contribution in [2.45, 2.75) is 139 Å². The molecule has 13 heteroatoms. The van der Waals surface area contributed by atoms with E-state index in [0.717, 1.165) is 81.8 Å². The van der Waals surface area contributed by atoms with Crippen molar-refractivity contribution in [2.75, 3.05) is 6.54 Å². The minimum absolute atomic E-state index is 0.0166. The van der Waals surface area contributed by atoms with Crippen molar-refractivity contribution in [1.82, 2.24) is 19.6 Å². The number of ketones is 1. The van der Waals surface area contributed by atoms with Crippen molar-refractivity contribution in [3.63, 3.8) is 0 Å². The normalized spacial score (nSPS) is 32.1. The summed E-state index contributed by atoms with van der Waals surface area (Å²) in [6.07, 6.45) is 13.0. The van der Waals surface area contributed by atoms with E-state index in [9.17, 15) is 27.6 Å². The molecule has 296 valence electrons. The molecule has 1 aromatic heterocycles. The number of hydrogen-bond acceptors (Lipinski definition) is 10. The van der Waals surface area contributed by atoms with Crippen molar-refractivity contribution >= 4 is 44.6 Å². The maximum atomic E-state index is 14.9. The summed E-state index contributed by atoms with van der Waals surface area (Å²) < 4.78 is 40.7. The van der Waals surface area contributed by atoms with E-state index in [-0.39, 0.29) is 61.4 Å². The van der Waals surface area contributed by atoms with E-state index < -0.39 is 44.7 Å². The Labute approximate surface area is 323 Å². The molecular weight excluding hydrogens is 721 g/mol. The highest BCUT2D eigenvalue weighted by atomic mass is 32.2. The van der Waals surface area contributed by atoms with Crippen LogP contribution in [0.1, 0.15) is 115 Å². The van der Waals surface area contributed by atoms with Crippen LogP contribution in [0.3, 0.4) is 0 Å². The van der Waals surface area contributed by atoms with Crippen molar-refractivity contribution in [1.29, 1.82) is 0 Å². The summed E-state index contributed by atoms with van der Waals surface area (Å²) in [5.41, 5.74) is 0.937. The molecule has 4 aliphatic carbocycles. The van der Waals surface area contributed by atoms with Crippen molar-refractivity contribution in [3.05, 3.63) is 42.6 Å². The molecule has 1 unspecified atom stereocenters. The Hall–Kier alpha value is -3.87. The number of Topliss-reactive ketones (excluding diaryl/α,β-unsaturated/α-hetero) is 1. The highest BCUT2D eigenvalue weighted by Gasteiger charge is 2.61. The van der Waals surface area contributed by atoms with E-state index in [1.54, 1.807) is 11.0 Å². The topological polar surface area (TPSA) is 162 Å². The third-order valence-corrected chi connectivity index (χ3v) is 15.2. The Balaban J connectivity index is 1.12. The molecule has 1 N–H and O–H groups in total. The molecular formula is C42H54N4O8S. The van der Waals surface area contributed by atoms with E-state index in [4.69, 9.17) is 19.4 Å². The molecule has 2 aromatic rings. The Morgan fingerprint density at radius 2 is 1.62 bits per heavy atom. The molecule has 12 nitrogen and oxygen atoms in total. The SMILES string of the molecule is C=C[C@@H]1C[C@]1(CC(=O)[C@@H]1C[C@@H]2CN1C(=O)[C@H](C1CCCC1)CC(=O)OC1CCC[C@H]1CCCCCc1nc3ccccc3nc1O2)C(=O)NS(=O)(=O)C1CC1. The van der Waals surface area contributed by atoms with E-state index in [2.05, 4.69) is 11.3 Å². The molecule has 0 radical (unpaired) electrons. The Bertz CT molecular complexity index is 1940. The lowest BCUT2D eigenvalue weighted by Crippen LogP contribution is -2.47. The van der Waals surface area contributed by atoms with E-state index >= 15 is 0 Å². The number of rotatable bonds is 8. The summed E-state index contributed by atoms with van der Waals surface area (Å²) in [6.45, 7) is 3.96. The Morgan fingerprint density at radius 1 is 0.909 bits per heavy atom. The van der Waals surface area contributed by atoms with Crippen LogP contribution < -0.4 is 9.46 Å². The largest absolute Gasteiger partial charge is 0.471 e. The number of benzene rings is 1. The predicted octanol–water partition coefficient (Wildman–Crippen LogP) is 5.76. The van der Waals surface area contributed by atoms with Crippen LogP contribution in [0, 0.1) is 29.1 Å². The average Bonchev–Trinajstić information content (AvgIpc) is 3.95. The molecule has 6 aliphatic rings. The fourth-order valence-electron chi connectivity index (χ4n) is 9.96. The molecule has 2 aliphatic heterocycles. The smallest absolute Gasteiger partial charge is 0.306 e. The molecule has 8 rings (SSSR count). The number of aromatic nitrogens is 2. The zero-order valence-corrected chi connectivity index (χ0v) is 32.5. The quantitative estimate of drug-likeness (QED) is 0.258. The highest BCUT2D eigenvalue weighted by molar-refractivity contribution is 7.90. The molecule has 4 saturated carbocycles. The molecule has 3 heterocycles. The number of aryl methyl sites for hydroxylation is 1. The van der Waals surface area contributed by atoms with Gasteiger partial charge in [0.15, 0.2) is 5.78 Å². The Kier molecular flexibility index (Phi) is 10.8. The van der Waals surface area contributed by atoms with Gasteiger partial charge in [0, 0.05) is 12.8 Å². The summed E-state index contributed by atoms with van der Waals surface area (Å²) in [7, 11) is -3.84. The lowest BCUT2D eigenvalue weighted by molar-refractivity contribution is -0.156. The lowest BCUT2D eigenvalue weighted by Gasteiger charge is -2.31. The van der Waals surface area contributed by atoms with Gasteiger partial charge in [-0.3, -0.25) is 23.9 Å². The van der Waals surface area contributed by atoms with Gasteiger partial charge < -0.3 is 14.4 Å². The van der Waals surface area contributed by atoms with Crippen LogP contribution in [0.2, 0.25) is 0 Å². The van der Waals surface area contributed by atoms with Gasteiger partial charge >= 0.3 is 5.97 Å². The zero-order valence-electron chi connectivity index (χ0n) is 31.7. The molecule has 2 amide bonds. The molecule has 1 saturated heterocycles.